The van der Waals surface area contributed by atoms with Gasteiger partial charge in [0.1, 0.15) is 11.5 Å². The standard InChI is InChI=1S/C29H26ClF3N4OS/c1-36(2)24-11-6-20(7-12-24)18-37(19-23-5-3-4-16-34-23)28(39)35-22-9-13-25(14-10-22)38-27-17-21(30)8-15-26(27)29(31,32)33/h3-17H,18-19H2,1-2H3,(H,35,39). The van der Waals surface area contributed by atoms with Crippen LogP contribution >= 0.6 is 23.8 Å². The molecule has 0 amide bonds. The molecule has 0 aliphatic heterocycles. The zero-order chi connectivity index (χ0) is 28.0. The molecule has 0 aliphatic rings. The van der Waals surface area contributed by atoms with Crippen LogP contribution in [0.3, 0.4) is 0 Å². The molecule has 0 aliphatic carbocycles. The lowest BCUT2D eigenvalue weighted by Crippen LogP contribution is -2.34. The van der Waals surface area contributed by atoms with Gasteiger partial charge in [-0.3, -0.25) is 4.98 Å². The van der Waals surface area contributed by atoms with E-state index in [1.54, 1.807) is 30.5 Å². The first-order chi connectivity index (χ1) is 18.6. The lowest BCUT2D eigenvalue weighted by molar-refractivity contribution is -0.138. The highest BCUT2D eigenvalue weighted by atomic mass is 35.5. The number of thiocarbonyl (C=S) groups is 1. The van der Waals surface area contributed by atoms with E-state index in [-0.39, 0.29) is 16.5 Å². The predicted molar refractivity (Wildman–Crippen MR) is 153 cm³/mol. The molecule has 1 aromatic heterocycles. The van der Waals surface area contributed by atoms with Gasteiger partial charge in [0.05, 0.1) is 17.8 Å². The zero-order valence-electron chi connectivity index (χ0n) is 21.2. The lowest BCUT2D eigenvalue weighted by Gasteiger charge is -2.26. The third kappa shape index (κ3) is 7.84. The highest BCUT2D eigenvalue weighted by Crippen LogP contribution is 2.39. The average Bonchev–Trinajstić information content (AvgIpc) is 2.89. The van der Waals surface area contributed by atoms with Gasteiger partial charge in [0, 0.05) is 49.3 Å². The molecule has 0 unspecified atom stereocenters. The van der Waals surface area contributed by atoms with Crippen LogP contribution in [0.1, 0.15) is 16.8 Å². The molecule has 0 spiro atoms. The molecule has 202 valence electrons. The number of nitrogens with zero attached hydrogens (tertiary/aromatic N) is 3. The van der Waals surface area contributed by atoms with Gasteiger partial charge in [-0.05, 0) is 78.4 Å². The van der Waals surface area contributed by atoms with E-state index in [0.29, 0.717) is 23.9 Å². The van der Waals surface area contributed by atoms with E-state index in [0.717, 1.165) is 29.1 Å². The summed E-state index contributed by atoms with van der Waals surface area (Å²) in [5, 5.41) is 3.83. The SMILES string of the molecule is CN(C)c1ccc(CN(Cc2ccccn2)C(=S)Nc2ccc(Oc3cc(Cl)ccc3C(F)(F)F)cc2)cc1. The topological polar surface area (TPSA) is 40.6 Å². The fraction of sp³-hybridized carbons (Fsp3) is 0.172. The summed E-state index contributed by atoms with van der Waals surface area (Å²) in [6.07, 6.45) is -2.84. The van der Waals surface area contributed by atoms with E-state index < -0.39 is 11.7 Å². The molecule has 0 atom stereocenters. The fourth-order valence-corrected chi connectivity index (χ4v) is 4.17. The maximum absolute atomic E-state index is 13.4. The largest absolute Gasteiger partial charge is 0.457 e. The minimum absolute atomic E-state index is 0.144. The molecule has 1 heterocycles. The lowest BCUT2D eigenvalue weighted by atomic mass is 10.2. The third-order valence-electron chi connectivity index (χ3n) is 5.77. The molecule has 4 rings (SSSR count). The van der Waals surface area contributed by atoms with Gasteiger partial charge in [-0.25, -0.2) is 0 Å². The molecule has 0 fully saturated rings. The van der Waals surface area contributed by atoms with Crippen molar-refractivity contribution in [2.75, 3.05) is 24.3 Å². The van der Waals surface area contributed by atoms with Gasteiger partial charge in [-0.15, -0.1) is 0 Å². The Balaban J connectivity index is 1.48. The Morgan fingerprint density at radius 2 is 1.67 bits per heavy atom. The number of halogens is 4. The van der Waals surface area contributed by atoms with Crippen LogP contribution in [0, 0.1) is 0 Å². The second kappa shape index (κ2) is 12.4. The summed E-state index contributed by atoms with van der Waals surface area (Å²) in [5.41, 5.74) is 2.78. The van der Waals surface area contributed by atoms with Gasteiger partial charge < -0.3 is 19.9 Å². The van der Waals surface area contributed by atoms with E-state index >= 15 is 0 Å². The molecule has 1 N–H and O–H groups in total. The highest BCUT2D eigenvalue weighted by Gasteiger charge is 2.34. The summed E-state index contributed by atoms with van der Waals surface area (Å²) >= 11 is 11.6. The summed E-state index contributed by atoms with van der Waals surface area (Å²) in [6.45, 7) is 1.03. The maximum atomic E-state index is 13.4. The van der Waals surface area contributed by atoms with Crippen molar-refractivity contribution in [3.8, 4) is 11.5 Å². The third-order valence-corrected chi connectivity index (χ3v) is 6.37. The van der Waals surface area contributed by atoms with Crippen molar-refractivity contribution < 1.29 is 17.9 Å². The molecular formula is C29H26ClF3N4OS. The van der Waals surface area contributed by atoms with Crippen molar-refractivity contribution in [3.63, 3.8) is 0 Å². The van der Waals surface area contributed by atoms with Crippen LogP contribution in [0.4, 0.5) is 24.5 Å². The zero-order valence-corrected chi connectivity index (χ0v) is 22.8. The number of hydrogen-bond acceptors (Lipinski definition) is 4. The van der Waals surface area contributed by atoms with E-state index in [1.807, 2.05) is 54.2 Å². The second-order valence-electron chi connectivity index (χ2n) is 8.93. The van der Waals surface area contributed by atoms with Crippen molar-refractivity contribution in [2.45, 2.75) is 19.3 Å². The van der Waals surface area contributed by atoms with Crippen molar-refractivity contribution in [3.05, 3.63) is 113 Å². The van der Waals surface area contributed by atoms with Gasteiger partial charge in [0.15, 0.2) is 5.11 Å². The van der Waals surface area contributed by atoms with Crippen LogP contribution in [0.2, 0.25) is 5.02 Å². The first kappa shape index (κ1) is 28.2. The molecule has 0 saturated heterocycles. The van der Waals surface area contributed by atoms with Gasteiger partial charge in [-0.2, -0.15) is 13.2 Å². The summed E-state index contributed by atoms with van der Waals surface area (Å²) in [4.78, 5) is 8.45. The molecule has 5 nitrogen and oxygen atoms in total. The molecule has 0 saturated carbocycles. The summed E-state index contributed by atoms with van der Waals surface area (Å²) in [6, 6.07) is 23.6. The van der Waals surface area contributed by atoms with Crippen molar-refractivity contribution in [2.24, 2.45) is 0 Å². The first-order valence-corrected chi connectivity index (χ1v) is 12.7. The molecule has 10 heteroatoms. The van der Waals surface area contributed by atoms with Crippen LogP contribution in [-0.2, 0) is 19.3 Å². The predicted octanol–water partition coefficient (Wildman–Crippen LogP) is 8.01. The smallest absolute Gasteiger partial charge is 0.419 e. The fourth-order valence-electron chi connectivity index (χ4n) is 3.76. The number of anilines is 2. The number of hydrogen-bond donors (Lipinski definition) is 1. The summed E-state index contributed by atoms with van der Waals surface area (Å²) in [7, 11) is 3.98. The first-order valence-electron chi connectivity index (χ1n) is 12.0. The van der Waals surface area contributed by atoms with Crippen LogP contribution in [0.25, 0.3) is 0 Å². The van der Waals surface area contributed by atoms with Crippen molar-refractivity contribution >= 4 is 40.3 Å². The van der Waals surface area contributed by atoms with Crippen molar-refractivity contribution in [1.29, 1.82) is 0 Å². The molecule has 0 bridgehead atoms. The molecular weight excluding hydrogens is 545 g/mol. The Labute approximate surface area is 235 Å². The monoisotopic (exact) mass is 570 g/mol. The Morgan fingerprint density at radius 1 is 0.949 bits per heavy atom. The minimum atomic E-state index is -4.57. The number of nitrogens with one attached hydrogen (secondary N) is 1. The molecule has 4 aromatic rings. The van der Waals surface area contributed by atoms with Gasteiger partial charge in [0.25, 0.3) is 0 Å². The summed E-state index contributed by atoms with van der Waals surface area (Å²) in [5.74, 6) is -0.140. The van der Waals surface area contributed by atoms with E-state index in [1.165, 1.54) is 6.07 Å². The second-order valence-corrected chi connectivity index (χ2v) is 9.76. The summed E-state index contributed by atoms with van der Waals surface area (Å²) < 4.78 is 45.6. The van der Waals surface area contributed by atoms with Crippen LogP contribution < -0.4 is 15.0 Å². The van der Waals surface area contributed by atoms with Gasteiger partial charge >= 0.3 is 6.18 Å². The number of pyridine rings is 1. The number of alkyl halides is 3. The number of aromatic nitrogens is 1. The van der Waals surface area contributed by atoms with E-state index in [9.17, 15) is 13.2 Å². The van der Waals surface area contributed by atoms with E-state index in [2.05, 4.69) is 22.4 Å². The highest BCUT2D eigenvalue weighted by molar-refractivity contribution is 7.80. The number of benzene rings is 3. The quantitative estimate of drug-likeness (QED) is 0.216. The van der Waals surface area contributed by atoms with Gasteiger partial charge in [0.2, 0.25) is 0 Å². The van der Waals surface area contributed by atoms with Crippen LogP contribution in [0.15, 0.2) is 91.1 Å². The van der Waals surface area contributed by atoms with Crippen LogP contribution in [0.5, 0.6) is 11.5 Å². The number of ether oxygens (including phenoxy) is 1. The normalized spacial score (nSPS) is 11.1. The van der Waals surface area contributed by atoms with Crippen molar-refractivity contribution in [1.82, 2.24) is 9.88 Å². The Bertz CT molecular complexity index is 1400. The minimum Gasteiger partial charge on any atom is -0.457 e. The Morgan fingerprint density at radius 3 is 2.28 bits per heavy atom. The molecule has 39 heavy (non-hydrogen) atoms. The van der Waals surface area contributed by atoms with Crippen LogP contribution in [-0.4, -0.2) is 29.1 Å². The average molecular weight is 571 g/mol. The van der Waals surface area contributed by atoms with E-state index in [4.69, 9.17) is 28.6 Å². The Kier molecular flexibility index (Phi) is 8.93. The van der Waals surface area contributed by atoms with Gasteiger partial charge in [-0.1, -0.05) is 29.8 Å². The maximum Gasteiger partial charge on any atom is 0.419 e. The number of rotatable bonds is 8. The Hall–Kier alpha value is -3.82. The molecule has 3 aromatic carbocycles. The molecule has 0 radical (unpaired) electrons.